The maximum Gasteiger partial charge on any atom is 0.336 e. The lowest BCUT2D eigenvalue weighted by Crippen LogP contribution is -2.36. The van der Waals surface area contributed by atoms with Crippen LogP contribution in [-0.4, -0.2) is 47.1 Å². The van der Waals surface area contributed by atoms with Crippen LogP contribution in [-0.2, 0) is 21.8 Å². The van der Waals surface area contributed by atoms with Gasteiger partial charge in [0, 0.05) is 54.4 Å². The van der Waals surface area contributed by atoms with Crippen molar-refractivity contribution in [3.63, 3.8) is 0 Å². The zero-order chi connectivity index (χ0) is 23.5. The largest absolute Gasteiger partial charge is 0.423 e. The van der Waals surface area contributed by atoms with Crippen LogP contribution in [0, 0.1) is 0 Å². The van der Waals surface area contributed by atoms with Gasteiger partial charge in [-0.2, -0.15) is 0 Å². The van der Waals surface area contributed by atoms with Gasteiger partial charge in [-0.1, -0.05) is 18.2 Å². The van der Waals surface area contributed by atoms with E-state index in [1.165, 1.54) is 13.0 Å². The Kier molecular flexibility index (Phi) is 6.57. The highest BCUT2D eigenvalue weighted by Gasteiger charge is 2.15. The first-order valence-electron chi connectivity index (χ1n) is 11.1. The van der Waals surface area contributed by atoms with E-state index in [9.17, 15) is 9.59 Å². The number of morpholine rings is 1. The van der Waals surface area contributed by atoms with E-state index >= 15 is 0 Å². The lowest BCUT2D eigenvalue weighted by Gasteiger charge is -2.25. The quantitative estimate of drug-likeness (QED) is 0.255. The number of thioether (sulfide) groups is 1. The molecule has 1 fully saturated rings. The second-order valence-electron chi connectivity index (χ2n) is 8.12. The molecule has 0 atom stereocenters. The van der Waals surface area contributed by atoms with Crippen molar-refractivity contribution in [2.75, 3.05) is 31.6 Å². The molecule has 0 bridgehead atoms. The summed E-state index contributed by atoms with van der Waals surface area (Å²) in [5.41, 5.74) is 2.35. The van der Waals surface area contributed by atoms with Gasteiger partial charge in [-0.05, 0) is 23.8 Å². The number of anilines is 1. The maximum atomic E-state index is 12.2. The lowest BCUT2D eigenvalue weighted by molar-refractivity contribution is -0.114. The van der Waals surface area contributed by atoms with Crippen LogP contribution in [0.5, 0.6) is 0 Å². The van der Waals surface area contributed by atoms with E-state index in [0.29, 0.717) is 23.6 Å². The Morgan fingerprint density at radius 3 is 2.74 bits per heavy atom. The summed E-state index contributed by atoms with van der Waals surface area (Å²) in [6.45, 7) is 5.29. The zero-order valence-corrected chi connectivity index (χ0v) is 19.6. The molecule has 0 saturated carbocycles. The average Bonchev–Trinajstić information content (AvgIpc) is 2.82. The highest BCUT2D eigenvalue weighted by Crippen LogP contribution is 2.31. The highest BCUT2D eigenvalue weighted by molar-refractivity contribution is 7.98. The van der Waals surface area contributed by atoms with Crippen molar-refractivity contribution in [1.82, 2.24) is 14.9 Å². The summed E-state index contributed by atoms with van der Waals surface area (Å²) in [6.07, 6.45) is 0. The summed E-state index contributed by atoms with van der Waals surface area (Å²) in [7, 11) is 0. The molecule has 5 rings (SSSR count). The van der Waals surface area contributed by atoms with Gasteiger partial charge in [-0.25, -0.2) is 14.8 Å². The fourth-order valence-electron chi connectivity index (χ4n) is 4.01. The number of para-hydroxylation sites is 1. The van der Waals surface area contributed by atoms with Crippen molar-refractivity contribution in [2.45, 2.75) is 24.2 Å². The molecule has 0 radical (unpaired) electrons. The number of fused-ring (bicyclic) bond motifs is 2. The monoisotopic (exact) mass is 476 g/mol. The number of nitrogens with one attached hydrogen (secondary N) is 1. The number of nitrogens with zero attached hydrogens (tertiary/aromatic N) is 3. The number of ether oxygens (including phenoxy) is 1. The van der Waals surface area contributed by atoms with Gasteiger partial charge < -0.3 is 14.5 Å². The molecule has 4 aromatic rings. The molecule has 174 valence electrons. The predicted molar refractivity (Wildman–Crippen MR) is 132 cm³/mol. The number of carbonyl (C=O) groups is 1. The van der Waals surface area contributed by atoms with Crippen LogP contribution in [0.1, 0.15) is 18.3 Å². The van der Waals surface area contributed by atoms with Crippen molar-refractivity contribution >= 4 is 45.2 Å². The van der Waals surface area contributed by atoms with Crippen LogP contribution in [0.15, 0.2) is 62.8 Å². The van der Waals surface area contributed by atoms with Crippen molar-refractivity contribution < 1.29 is 13.9 Å². The normalized spacial score (nSPS) is 14.5. The van der Waals surface area contributed by atoms with Crippen molar-refractivity contribution in [1.29, 1.82) is 0 Å². The Hall–Kier alpha value is -3.27. The Morgan fingerprint density at radius 1 is 1.09 bits per heavy atom. The predicted octanol–water partition coefficient (Wildman–Crippen LogP) is 3.82. The molecule has 2 aromatic carbocycles. The SMILES string of the molecule is CC(=O)Nc1ccc2c(CSc3nc(CN4CCOCC4)nc4ccccc34)cc(=O)oc2c1. The molecule has 1 N–H and O–H groups in total. The molecule has 1 saturated heterocycles. The van der Waals surface area contributed by atoms with E-state index in [1.54, 1.807) is 23.9 Å². The summed E-state index contributed by atoms with van der Waals surface area (Å²) in [6, 6.07) is 14.8. The molecular weight excluding hydrogens is 452 g/mol. The third kappa shape index (κ3) is 5.11. The summed E-state index contributed by atoms with van der Waals surface area (Å²) in [4.78, 5) is 35.6. The van der Waals surface area contributed by atoms with E-state index in [2.05, 4.69) is 10.2 Å². The molecule has 1 amide bonds. The van der Waals surface area contributed by atoms with Gasteiger partial charge in [-0.15, -0.1) is 11.8 Å². The number of carbonyl (C=O) groups excluding carboxylic acids is 1. The van der Waals surface area contributed by atoms with E-state index in [-0.39, 0.29) is 5.91 Å². The molecule has 1 aliphatic rings. The van der Waals surface area contributed by atoms with Crippen molar-refractivity contribution in [2.24, 2.45) is 0 Å². The Bertz CT molecular complexity index is 1420. The second kappa shape index (κ2) is 9.92. The number of amides is 1. The topological polar surface area (TPSA) is 97.6 Å². The Morgan fingerprint density at radius 2 is 1.91 bits per heavy atom. The fraction of sp³-hybridized carbons (Fsp3) is 0.280. The van der Waals surface area contributed by atoms with Gasteiger partial charge in [0.25, 0.3) is 0 Å². The van der Waals surface area contributed by atoms with Gasteiger partial charge in [0.15, 0.2) is 0 Å². The highest BCUT2D eigenvalue weighted by atomic mass is 32.2. The first kappa shape index (κ1) is 22.5. The fourth-order valence-corrected chi connectivity index (χ4v) is 5.04. The van der Waals surface area contributed by atoms with Gasteiger partial charge >= 0.3 is 5.63 Å². The Balaban J connectivity index is 1.45. The molecule has 0 spiro atoms. The van der Waals surface area contributed by atoms with E-state index in [0.717, 1.165) is 59.0 Å². The van der Waals surface area contributed by atoms with Crippen LogP contribution in [0.2, 0.25) is 0 Å². The number of aromatic nitrogens is 2. The van der Waals surface area contributed by atoms with Gasteiger partial charge in [-0.3, -0.25) is 9.69 Å². The average molecular weight is 477 g/mol. The maximum absolute atomic E-state index is 12.2. The van der Waals surface area contributed by atoms with Gasteiger partial charge in [0.2, 0.25) is 5.91 Å². The smallest absolute Gasteiger partial charge is 0.336 e. The molecule has 0 unspecified atom stereocenters. The minimum absolute atomic E-state index is 0.183. The molecule has 8 nitrogen and oxygen atoms in total. The summed E-state index contributed by atoms with van der Waals surface area (Å²) < 4.78 is 10.8. The number of hydrogen-bond donors (Lipinski definition) is 1. The molecule has 34 heavy (non-hydrogen) atoms. The van der Waals surface area contributed by atoms with Crippen LogP contribution in [0.3, 0.4) is 0 Å². The van der Waals surface area contributed by atoms with E-state index < -0.39 is 5.63 Å². The first-order chi connectivity index (χ1) is 16.5. The lowest BCUT2D eigenvalue weighted by atomic mass is 10.1. The van der Waals surface area contributed by atoms with Crippen LogP contribution >= 0.6 is 11.8 Å². The standard InChI is InChI=1S/C25H24N4O4S/c1-16(30)26-18-6-7-19-17(12-24(31)33-22(19)13-18)15-34-25-20-4-2-3-5-21(20)27-23(28-25)14-29-8-10-32-11-9-29/h2-7,12-13H,8-11,14-15H2,1H3,(H,26,30). The number of hydrogen-bond acceptors (Lipinski definition) is 8. The van der Waals surface area contributed by atoms with Crippen molar-refractivity contribution in [3.8, 4) is 0 Å². The second-order valence-corrected chi connectivity index (χ2v) is 9.09. The third-order valence-electron chi connectivity index (χ3n) is 5.60. The van der Waals surface area contributed by atoms with Gasteiger partial charge in [0.05, 0.1) is 25.3 Å². The number of rotatable bonds is 6. The summed E-state index contributed by atoms with van der Waals surface area (Å²) >= 11 is 1.57. The Labute approximate surface area is 200 Å². The molecule has 2 aromatic heterocycles. The third-order valence-corrected chi connectivity index (χ3v) is 6.64. The van der Waals surface area contributed by atoms with Gasteiger partial charge in [0.1, 0.15) is 16.4 Å². The summed E-state index contributed by atoms with van der Waals surface area (Å²) in [5, 5.41) is 5.41. The molecule has 1 aliphatic heterocycles. The molecule has 9 heteroatoms. The first-order valence-corrected chi connectivity index (χ1v) is 12.1. The van der Waals surface area contributed by atoms with Crippen LogP contribution < -0.4 is 10.9 Å². The van der Waals surface area contributed by atoms with Crippen LogP contribution in [0.4, 0.5) is 5.69 Å². The van der Waals surface area contributed by atoms with Crippen molar-refractivity contribution in [3.05, 3.63) is 70.3 Å². The summed E-state index contributed by atoms with van der Waals surface area (Å²) in [5.74, 6) is 1.14. The molecule has 0 aliphatic carbocycles. The minimum atomic E-state index is -0.427. The molecular formula is C25H24N4O4S. The minimum Gasteiger partial charge on any atom is -0.423 e. The molecule has 3 heterocycles. The van der Waals surface area contributed by atoms with E-state index in [4.69, 9.17) is 19.1 Å². The number of benzene rings is 2. The van der Waals surface area contributed by atoms with Crippen LogP contribution in [0.25, 0.3) is 21.9 Å². The zero-order valence-electron chi connectivity index (χ0n) is 18.7. The van der Waals surface area contributed by atoms with E-state index in [1.807, 2.05) is 30.3 Å².